The second kappa shape index (κ2) is 5.96. The molecule has 1 N–H and O–H groups in total. The first kappa shape index (κ1) is 15.7. The molecular weight excluding hydrogens is 309 g/mol. The van der Waals surface area contributed by atoms with Crippen molar-refractivity contribution in [2.24, 2.45) is 5.92 Å². The molecule has 0 aromatic carbocycles. The van der Waals surface area contributed by atoms with Crippen LogP contribution in [0.1, 0.15) is 24.8 Å². The Morgan fingerprint density at radius 1 is 1.38 bits per heavy atom. The highest BCUT2D eigenvalue weighted by molar-refractivity contribution is 7.15. The fraction of sp³-hybridized carbons (Fsp3) is 0.636. The van der Waals surface area contributed by atoms with Gasteiger partial charge >= 0.3 is 6.18 Å². The highest BCUT2D eigenvalue weighted by atomic mass is 32.1. The molecule has 2 rings (SSSR count). The topological polar surface area (TPSA) is 75.2 Å². The van der Waals surface area contributed by atoms with Crippen LogP contribution in [0.4, 0.5) is 18.3 Å². The first-order valence-electron chi connectivity index (χ1n) is 6.24. The summed E-state index contributed by atoms with van der Waals surface area (Å²) in [7, 11) is 0. The molecule has 0 saturated carbocycles. The summed E-state index contributed by atoms with van der Waals surface area (Å²) in [5.74, 6) is -1.01. The Bertz CT molecular complexity index is 546. The van der Waals surface area contributed by atoms with Gasteiger partial charge in [-0.3, -0.25) is 9.59 Å². The molecule has 2 heterocycles. The third-order valence-electron chi connectivity index (χ3n) is 3.14. The van der Waals surface area contributed by atoms with Crippen molar-refractivity contribution in [1.82, 2.24) is 15.1 Å². The predicted octanol–water partition coefficient (Wildman–Crippen LogP) is 1.75. The van der Waals surface area contributed by atoms with Crippen LogP contribution < -0.4 is 5.32 Å². The number of carbonyl (C=O) groups is 2. The maximum absolute atomic E-state index is 12.4. The van der Waals surface area contributed by atoms with Crippen LogP contribution in [-0.2, 0) is 15.8 Å². The van der Waals surface area contributed by atoms with E-state index in [2.05, 4.69) is 15.5 Å². The van der Waals surface area contributed by atoms with Crippen molar-refractivity contribution in [2.75, 3.05) is 18.4 Å². The van der Waals surface area contributed by atoms with Gasteiger partial charge in [-0.05, 0) is 12.8 Å². The van der Waals surface area contributed by atoms with E-state index in [1.54, 1.807) is 4.90 Å². The molecule has 21 heavy (non-hydrogen) atoms. The van der Waals surface area contributed by atoms with E-state index in [-0.39, 0.29) is 28.9 Å². The van der Waals surface area contributed by atoms with E-state index in [1.807, 2.05) is 0 Å². The maximum atomic E-state index is 12.4. The van der Waals surface area contributed by atoms with E-state index >= 15 is 0 Å². The number of nitrogens with zero attached hydrogens (tertiary/aromatic N) is 3. The molecule has 2 amide bonds. The summed E-state index contributed by atoms with van der Waals surface area (Å²) in [5, 5.41) is 7.34. The van der Waals surface area contributed by atoms with Crippen LogP contribution in [0, 0.1) is 5.92 Å². The lowest BCUT2D eigenvalue weighted by Gasteiger charge is -2.30. The van der Waals surface area contributed by atoms with Crippen molar-refractivity contribution < 1.29 is 22.8 Å². The van der Waals surface area contributed by atoms with E-state index in [0.29, 0.717) is 19.4 Å². The summed E-state index contributed by atoms with van der Waals surface area (Å²) in [6.45, 7) is 2.28. The zero-order valence-electron chi connectivity index (χ0n) is 11.1. The minimum atomic E-state index is -4.57. The van der Waals surface area contributed by atoms with Crippen molar-refractivity contribution in [3.8, 4) is 0 Å². The Morgan fingerprint density at radius 2 is 2.10 bits per heavy atom. The number of aromatic nitrogens is 2. The molecule has 1 atom stereocenters. The van der Waals surface area contributed by atoms with Crippen LogP contribution in [0.2, 0.25) is 0 Å². The Balaban J connectivity index is 1.98. The molecule has 1 unspecified atom stereocenters. The molecule has 0 radical (unpaired) electrons. The molecule has 1 saturated heterocycles. The number of hydrogen-bond donors (Lipinski definition) is 1. The molecule has 10 heteroatoms. The molecule has 1 aliphatic rings. The monoisotopic (exact) mass is 322 g/mol. The van der Waals surface area contributed by atoms with Crippen molar-refractivity contribution in [2.45, 2.75) is 25.9 Å². The fourth-order valence-corrected chi connectivity index (χ4v) is 2.69. The van der Waals surface area contributed by atoms with Gasteiger partial charge in [-0.1, -0.05) is 11.3 Å². The summed E-state index contributed by atoms with van der Waals surface area (Å²) >= 11 is 0.280. The highest BCUT2D eigenvalue weighted by Crippen LogP contribution is 2.33. The number of likely N-dealkylation sites (tertiary alicyclic amines) is 1. The van der Waals surface area contributed by atoms with E-state index in [4.69, 9.17) is 0 Å². The largest absolute Gasteiger partial charge is 0.445 e. The van der Waals surface area contributed by atoms with Crippen molar-refractivity contribution in [1.29, 1.82) is 0 Å². The minimum Gasteiger partial charge on any atom is -0.342 e. The molecular formula is C11H13F3N4O2S. The smallest absolute Gasteiger partial charge is 0.342 e. The Morgan fingerprint density at radius 3 is 2.67 bits per heavy atom. The van der Waals surface area contributed by atoms with Gasteiger partial charge in [0.15, 0.2) is 0 Å². The lowest BCUT2D eigenvalue weighted by Crippen LogP contribution is -2.42. The van der Waals surface area contributed by atoms with Gasteiger partial charge in [0, 0.05) is 20.0 Å². The third-order valence-corrected chi connectivity index (χ3v) is 4.02. The molecule has 1 aromatic rings. The zero-order valence-corrected chi connectivity index (χ0v) is 11.9. The summed E-state index contributed by atoms with van der Waals surface area (Å²) in [6.07, 6.45) is -3.31. The number of halogens is 3. The van der Waals surface area contributed by atoms with Crippen LogP contribution in [-0.4, -0.2) is 40.0 Å². The number of rotatable bonds is 2. The van der Waals surface area contributed by atoms with Crippen molar-refractivity contribution >= 4 is 28.3 Å². The lowest BCUT2D eigenvalue weighted by atomic mass is 9.97. The number of alkyl halides is 3. The summed E-state index contributed by atoms with van der Waals surface area (Å²) in [4.78, 5) is 24.8. The van der Waals surface area contributed by atoms with Gasteiger partial charge in [-0.15, -0.1) is 10.2 Å². The van der Waals surface area contributed by atoms with Crippen LogP contribution >= 0.6 is 11.3 Å². The second-order valence-corrected chi connectivity index (χ2v) is 5.68. The molecule has 116 valence electrons. The molecule has 1 aromatic heterocycles. The Kier molecular flexibility index (Phi) is 4.45. The average Bonchev–Trinajstić information content (AvgIpc) is 2.87. The van der Waals surface area contributed by atoms with Gasteiger partial charge in [-0.25, -0.2) is 0 Å². The number of carbonyl (C=O) groups excluding carboxylic acids is 2. The molecule has 0 bridgehead atoms. The molecule has 0 aliphatic carbocycles. The molecule has 1 fully saturated rings. The normalized spacial score (nSPS) is 19.4. The maximum Gasteiger partial charge on any atom is 0.445 e. The predicted molar refractivity (Wildman–Crippen MR) is 68.5 cm³/mol. The molecule has 1 aliphatic heterocycles. The van der Waals surface area contributed by atoms with Crippen LogP contribution in [0.25, 0.3) is 0 Å². The van der Waals surface area contributed by atoms with Gasteiger partial charge in [0.1, 0.15) is 0 Å². The summed E-state index contributed by atoms with van der Waals surface area (Å²) in [6, 6.07) is 0. The number of piperidine rings is 1. The van der Waals surface area contributed by atoms with E-state index < -0.39 is 23.0 Å². The average molecular weight is 322 g/mol. The zero-order chi connectivity index (χ0) is 15.6. The van der Waals surface area contributed by atoms with Gasteiger partial charge in [0.05, 0.1) is 5.92 Å². The first-order chi connectivity index (χ1) is 9.77. The van der Waals surface area contributed by atoms with Crippen LogP contribution in [0.3, 0.4) is 0 Å². The lowest BCUT2D eigenvalue weighted by molar-refractivity contribution is -0.138. The SMILES string of the molecule is CC(=O)N1CCCC(C(=O)Nc2nnc(C(F)(F)F)s2)C1. The first-order valence-corrected chi connectivity index (χ1v) is 7.06. The van der Waals surface area contributed by atoms with Gasteiger partial charge in [-0.2, -0.15) is 13.2 Å². The summed E-state index contributed by atoms with van der Waals surface area (Å²) in [5.41, 5.74) is 0. The Labute approximate surface area is 122 Å². The van der Waals surface area contributed by atoms with E-state index in [0.717, 1.165) is 0 Å². The molecule has 6 nitrogen and oxygen atoms in total. The van der Waals surface area contributed by atoms with E-state index in [1.165, 1.54) is 6.92 Å². The van der Waals surface area contributed by atoms with Gasteiger partial charge in [0.2, 0.25) is 22.0 Å². The fourth-order valence-electron chi connectivity index (χ4n) is 2.07. The van der Waals surface area contributed by atoms with Gasteiger partial charge < -0.3 is 10.2 Å². The molecule has 0 spiro atoms. The number of nitrogens with one attached hydrogen (secondary N) is 1. The second-order valence-electron chi connectivity index (χ2n) is 4.70. The van der Waals surface area contributed by atoms with Crippen LogP contribution in [0.5, 0.6) is 0 Å². The van der Waals surface area contributed by atoms with Crippen molar-refractivity contribution in [3.63, 3.8) is 0 Å². The highest BCUT2D eigenvalue weighted by Gasteiger charge is 2.36. The number of anilines is 1. The van der Waals surface area contributed by atoms with E-state index in [9.17, 15) is 22.8 Å². The number of hydrogen-bond acceptors (Lipinski definition) is 5. The Hall–Kier alpha value is -1.71. The third kappa shape index (κ3) is 3.90. The van der Waals surface area contributed by atoms with Crippen LogP contribution in [0.15, 0.2) is 0 Å². The number of amides is 2. The summed E-state index contributed by atoms with van der Waals surface area (Å²) < 4.78 is 37.2. The standard InChI is InChI=1S/C11H13F3N4O2S/c1-6(19)18-4-2-3-7(5-18)8(20)15-10-17-16-9(21-10)11(12,13)14/h7H,2-5H2,1H3,(H,15,17,20). The quantitative estimate of drug-likeness (QED) is 0.900. The van der Waals surface area contributed by atoms with Crippen molar-refractivity contribution in [3.05, 3.63) is 5.01 Å². The minimum absolute atomic E-state index is 0.122. The van der Waals surface area contributed by atoms with Gasteiger partial charge in [0.25, 0.3) is 0 Å².